The molecule has 0 aliphatic heterocycles. The van der Waals surface area contributed by atoms with Gasteiger partial charge in [-0.1, -0.05) is 20.8 Å². The molecule has 0 fully saturated rings. The Morgan fingerprint density at radius 1 is 1.36 bits per heavy atom. The van der Waals surface area contributed by atoms with Gasteiger partial charge >= 0.3 is 5.97 Å². The van der Waals surface area contributed by atoms with Gasteiger partial charge < -0.3 is 9.52 Å². The van der Waals surface area contributed by atoms with Crippen LogP contribution in [0.1, 0.15) is 41.7 Å². The molecular weight excluding hydrogens is 184 g/mol. The third-order valence-electron chi connectivity index (χ3n) is 1.75. The molecule has 4 nitrogen and oxygen atoms in total. The van der Waals surface area contributed by atoms with E-state index < -0.39 is 11.4 Å². The van der Waals surface area contributed by atoms with E-state index in [0.717, 1.165) is 0 Å². The van der Waals surface area contributed by atoms with Gasteiger partial charge in [0.05, 0.1) is 5.56 Å². The summed E-state index contributed by atoms with van der Waals surface area (Å²) in [5, 5.41) is 8.58. The van der Waals surface area contributed by atoms with E-state index in [-0.39, 0.29) is 11.5 Å². The highest BCUT2D eigenvalue weighted by molar-refractivity contribution is 6.01. The largest absolute Gasteiger partial charge is 0.475 e. The molecule has 0 atom stereocenters. The highest BCUT2D eigenvalue weighted by Gasteiger charge is 2.25. The first-order chi connectivity index (χ1) is 6.32. The Bertz CT molecular complexity index is 368. The first-order valence-corrected chi connectivity index (χ1v) is 4.19. The highest BCUT2D eigenvalue weighted by atomic mass is 16.4. The minimum absolute atomic E-state index is 0.131. The molecule has 76 valence electrons. The Labute approximate surface area is 81.5 Å². The lowest BCUT2D eigenvalue weighted by Gasteiger charge is -2.14. The number of hydrogen-bond donors (Lipinski definition) is 1. The number of carboxylic acids is 1. The molecule has 0 aliphatic rings. The van der Waals surface area contributed by atoms with Crippen LogP contribution < -0.4 is 0 Å². The van der Waals surface area contributed by atoms with Crippen LogP contribution in [0.15, 0.2) is 16.7 Å². The van der Waals surface area contributed by atoms with E-state index in [1.165, 1.54) is 12.3 Å². The van der Waals surface area contributed by atoms with Crippen LogP contribution in [0.25, 0.3) is 0 Å². The van der Waals surface area contributed by atoms with Gasteiger partial charge in [0.25, 0.3) is 0 Å². The Balaban J connectivity index is 2.99. The van der Waals surface area contributed by atoms with Crippen molar-refractivity contribution in [2.45, 2.75) is 20.8 Å². The van der Waals surface area contributed by atoms with Crippen molar-refractivity contribution < 1.29 is 19.1 Å². The molecule has 0 aromatic carbocycles. The minimum atomic E-state index is -1.17. The van der Waals surface area contributed by atoms with E-state index in [1.807, 2.05) is 0 Å². The summed E-state index contributed by atoms with van der Waals surface area (Å²) in [6.07, 6.45) is 1.18. The molecule has 1 aromatic heterocycles. The predicted octanol–water partition coefficient (Wildman–Crippen LogP) is 2.21. The Morgan fingerprint density at radius 3 is 2.29 bits per heavy atom. The van der Waals surface area contributed by atoms with E-state index in [0.29, 0.717) is 5.56 Å². The van der Waals surface area contributed by atoms with Crippen LogP contribution in [0.4, 0.5) is 0 Å². The summed E-state index contributed by atoms with van der Waals surface area (Å²) in [6, 6.07) is 1.25. The molecule has 0 saturated heterocycles. The van der Waals surface area contributed by atoms with Gasteiger partial charge in [-0.15, -0.1) is 0 Å². The van der Waals surface area contributed by atoms with Crippen molar-refractivity contribution in [3.8, 4) is 0 Å². The quantitative estimate of drug-likeness (QED) is 0.736. The van der Waals surface area contributed by atoms with Crippen molar-refractivity contribution in [2.75, 3.05) is 0 Å². The van der Waals surface area contributed by atoms with Gasteiger partial charge in [0.2, 0.25) is 5.76 Å². The predicted molar refractivity (Wildman–Crippen MR) is 49.5 cm³/mol. The van der Waals surface area contributed by atoms with Crippen LogP contribution in [-0.2, 0) is 0 Å². The van der Waals surface area contributed by atoms with Crippen LogP contribution in [-0.4, -0.2) is 16.9 Å². The molecule has 1 aromatic rings. The van der Waals surface area contributed by atoms with Crippen molar-refractivity contribution in [1.82, 2.24) is 0 Å². The number of rotatable bonds is 2. The average molecular weight is 196 g/mol. The molecule has 0 saturated carbocycles. The maximum absolute atomic E-state index is 11.6. The van der Waals surface area contributed by atoms with Crippen molar-refractivity contribution in [2.24, 2.45) is 5.41 Å². The van der Waals surface area contributed by atoms with Crippen molar-refractivity contribution in [3.63, 3.8) is 0 Å². The maximum Gasteiger partial charge on any atom is 0.371 e. The topological polar surface area (TPSA) is 67.5 Å². The zero-order valence-corrected chi connectivity index (χ0v) is 8.33. The van der Waals surface area contributed by atoms with Crippen LogP contribution in [0.2, 0.25) is 0 Å². The minimum Gasteiger partial charge on any atom is -0.475 e. The summed E-state index contributed by atoms with van der Waals surface area (Å²) in [5.41, 5.74) is -0.227. The third kappa shape index (κ3) is 2.02. The maximum atomic E-state index is 11.6. The fourth-order valence-electron chi connectivity index (χ4n) is 1.00. The second-order valence-electron chi connectivity index (χ2n) is 4.08. The molecular formula is C10H12O4. The number of carbonyl (C=O) groups is 2. The zero-order valence-electron chi connectivity index (χ0n) is 8.33. The zero-order chi connectivity index (χ0) is 10.9. The number of carboxylic acid groups (broad SMARTS) is 1. The first kappa shape index (κ1) is 10.5. The smallest absolute Gasteiger partial charge is 0.371 e. The molecule has 0 aliphatic carbocycles. The molecule has 0 radical (unpaired) electrons. The van der Waals surface area contributed by atoms with Gasteiger partial charge in [-0.2, -0.15) is 0 Å². The molecule has 1 N–H and O–H groups in total. The third-order valence-corrected chi connectivity index (χ3v) is 1.75. The number of Topliss-reactive ketones (excluding diaryl/α,β-unsaturated/α-hetero) is 1. The van der Waals surface area contributed by atoms with Gasteiger partial charge in [-0.05, 0) is 0 Å². The van der Waals surface area contributed by atoms with Crippen LogP contribution >= 0.6 is 0 Å². The van der Waals surface area contributed by atoms with Crippen molar-refractivity contribution in [3.05, 3.63) is 23.7 Å². The molecule has 0 spiro atoms. The van der Waals surface area contributed by atoms with E-state index in [4.69, 9.17) is 9.52 Å². The number of hydrogen-bond acceptors (Lipinski definition) is 3. The van der Waals surface area contributed by atoms with Gasteiger partial charge in [-0.3, -0.25) is 4.79 Å². The van der Waals surface area contributed by atoms with Crippen molar-refractivity contribution >= 4 is 11.8 Å². The molecule has 0 unspecified atom stereocenters. The van der Waals surface area contributed by atoms with Crippen LogP contribution in [0.5, 0.6) is 0 Å². The van der Waals surface area contributed by atoms with Gasteiger partial charge in [0, 0.05) is 11.5 Å². The monoisotopic (exact) mass is 196 g/mol. The summed E-state index contributed by atoms with van der Waals surface area (Å²) >= 11 is 0. The van der Waals surface area contributed by atoms with E-state index in [1.54, 1.807) is 20.8 Å². The summed E-state index contributed by atoms with van der Waals surface area (Å²) in [4.78, 5) is 22.1. The molecule has 1 heterocycles. The molecule has 4 heteroatoms. The Kier molecular flexibility index (Phi) is 2.47. The number of aromatic carboxylic acids is 1. The second kappa shape index (κ2) is 3.29. The summed E-state index contributed by atoms with van der Waals surface area (Å²) in [5.74, 6) is -1.51. The van der Waals surface area contributed by atoms with Gasteiger partial charge in [0.1, 0.15) is 6.26 Å². The van der Waals surface area contributed by atoms with E-state index in [9.17, 15) is 9.59 Å². The first-order valence-electron chi connectivity index (χ1n) is 4.19. The van der Waals surface area contributed by atoms with Crippen molar-refractivity contribution in [1.29, 1.82) is 0 Å². The lowest BCUT2D eigenvalue weighted by atomic mass is 9.87. The lowest BCUT2D eigenvalue weighted by Crippen LogP contribution is -2.19. The molecule has 0 amide bonds. The fraction of sp³-hybridized carbons (Fsp3) is 0.400. The second-order valence-corrected chi connectivity index (χ2v) is 4.08. The molecule has 0 bridgehead atoms. The summed E-state index contributed by atoms with van der Waals surface area (Å²) in [6.45, 7) is 5.30. The summed E-state index contributed by atoms with van der Waals surface area (Å²) < 4.78 is 4.72. The Hall–Kier alpha value is -1.58. The van der Waals surface area contributed by atoms with E-state index in [2.05, 4.69) is 0 Å². The molecule has 14 heavy (non-hydrogen) atoms. The average Bonchev–Trinajstić information content (AvgIpc) is 2.48. The van der Waals surface area contributed by atoms with Gasteiger partial charge in [0.15, 0.2) is 5.78 Å². The SMILES string of the molecule is CC(C)(C)C(=O)c1coc(C(=O)O)c1. The Morgan fingerprint density at radius 2 is 1.93 bits per heavy atom. The molecule has 1 rings (SSSR count). The fourth-order valence-corrected chi connectivity index (χ4v) is 1.00. The van der Waals surface area contributed by atoms with Crippen LogP contribution in [0.3, 0.4) is 0 Å². The van der Waals surface area contributed by atoms with Gasteiger partial charge in [-0.25, -0.2) is 4.79 Å². The highest BCUT2D eigenvalue weighted by Crippen LogP contribution is 2.22. The van der Waals surface area contributed by atoms with E-state index >= 15 is 0 Å². The number of furan rings is 1. The number of ketones is 1. The normalized spacial score (nSPS) is 11.4. The summed E-state index contributed by atoms with van der Waals surface area (Å²) in [7, 11) is 0. The number of carbonyl (C=O) groups excluding carboxylic acids is 1. The van der Waals surface area contributed by atoms with Crippen LogP contribution in [0, 0.1) is 5.41 Å². The standard InChI is InChI=1S/C10H12O4/c1-10(2,3)8(11)6-4-7(9(12)13)14-5-6/h4-5H,1-3H3,(H,12,13). The lowest BCUT2D eigenvalue weighted by molar-refractivity contribution is 0.0662.